The predicted molar refractivity (Wildman–Crippen MR) is 294 cm³/mol. The third kappa shape index (κ3) is 13.6. The van der Waals surface area contributed by atoms with Gasteiger partial charge in [-0.3, -0.25) is 28.8 Å². The topological polar surface area (TPSA) is 265 Å². The summed E-state index contributed by atoms with van der Waals surface area (Å²) in [4.78, 5) is 111. The normalized spacial score (nSPS) is 27.0. The van der Waals surface area contributed by atoms with Gasteiger partial charge in [0.2, 0.25) is 6.10 Å². The van der Waals surface area contributed by atoms with Crippen molar-refractivity contribution in [2.75, 3.05) is 6.61 Å². The van der Waals surface area contributed by atoms with Crippen LogP contribution in [0, 0.1) is 16.7 Å². The number of hydrogen-bond donors (Lipinski definition) is 4. The lowest BCUT2D eigenvalue weighted by Gasteiger charge is -2.67. The van der Waals surface area contributed by atoms with Crippen molar-refractivity contribution in [3.63, 3.8) is 0 Å². The van der Waals surface area contributed by atoms with Crippen LogP contribution < -0.4 is 5.32 Å². The summed E-state index contributed by atoms with van der Waals surface area (Å²) >= 11 is 0. The summed E-state index contributed by atoms with van der Waals surface area (Å²) in [5.74, 6) is -8.42. The number of fused-ring (bicyclic) bond motifs is 5. The van der Waals surface area contributed by atoms with E-state index in [0.717, 1.165) is 71.6 Å². The van der Waals surface area contributed by atoms with E-state index in [0.29, 0.717) is 24.8 Å². The zero-order valence-corrected chi connectivity index (χ0v) is 47.4. The van der Waals surface area contributed by atoms with E-state index in [-0.39, 0.29) is 48.1 Å². The fourth-order valence-electron chi connectivity index (χ4n) is 12.8. The van der Waals surface area contributed by atoms with Gasteiger partial charge in [-0.25, -0.2) is 9.59 Å². The monoisotopic (exact) mass is 1120 g/mol. The molecule has 0 aromatic heterocycles. The Labute approximate surface area is 473 Å². The highest BCUT2D eigenvalue weighted by atomic mass is 16.6. The van der Waals surface area contributed by atoms with E-state index in [2.05, 4.69) is 5.32 Å². The number of amides is 1. The average Bonchev–Trinajstić information content (AvgIpc) is 3.54. The second-order valence-corrected chi connectivity index (χ2v) is 23.0. The van der Waals surface area contributed by atoms with E-state index in [1.807, 2.05) is 0 Å². The Kier molecular flexibility index (Phi) is 20.5. The van der Waals surface area contributed by atoms with Gasteiger partial charge in [0.05, 0.1) is 29.6 Å². The molecule has 3 fully saturated rings. The Morgan fingerprint density at radius 1 is 0.704 bits per heavy atom. The number of aliphatic carboxylic acids is 1. The van der Waals surface area contributed by atoms with Crippen molar-refractivity contribution < 1.29 is 82.1 Å². The van der Waals surface area contributed by atoms with Crippen LogP contribution in [0.4, 0.5) is 0 Å². The van der Waals surface area contributed by atoms with Gasteiger partial charge in [0, 0.05) is 50.5 Å². The third-order valence-electron chi connectivity index (χ3n) is 17.2. The molecule has 4 aliphatic rings. The molecule has 0 radical (unpaired) electrons. The van der Waals surface area contributed by atoms with Gasteiger partial charge in [-0.15, -0.1) is 0 Å². The summed E-state index contributed by atoms with van der Waals surface area (Å²) in [6.45, 7) is 7.99. The maximum atomic E-state index is 15.8. The first-order valence-corrected chi connectivity index (χ1v) is 28.5. The van der Waals surface area contributed by atoms with Crippen molar-refractivity contribution in [2.24, 2.45) is 16.7 Å². The van der Waals surface area contributed by atoms with E-state index in [1.54, 1.807) is 99.6 Å². The molecule has 11 atom stereocenters. The first kappa shape index (κ1) is 61.9. The number of carbonyl (C=O) groups is 8. The number of carboxylic acids is 1. The molecule has 4 N–H and O–H groups in total. The number of carboxylic acid groups (broad SMARTS) is 1. The molecule has 1 amide bonds. The van der Waals surface area contributed by atoms with Crippen LogP contribution >= 0.6 is 0 Å². The Bertz CT molecular complexity index is 2760. The molecule has 0 spiro atoms. The summed E-state index contributed by atoms with van der Waals surface area (Å²) in [5.41, 5.74) is -7.29. The second-order valence-electron chi connectivity index (χ2n) is 23.0. The number of aliphatic hydroxyl groups is 2. The average molecular weight is 1120 g/mol. The number of Topliss-reactive ketones (excluding diaryl/α,β-unsaturated/α-hetero) is 1. The molecule has 2 bridgehead atoms. The minimum absolute atomic E-state index is 0.0223. The van der Waals surface area contributed by atoms with Gasteiger partial charge in [-0.2, -0.15) is 0 Å². The van der Waals surface area contributed by atoms with Crippen molar-refractivity contribution in [3.05, 3.63) is 119 Å². The predicted octanol–water partition coefficient (Wildman–Crippen LogP) is 8.83. The van der Waals surface area contributed by atoms with Crippen LogP contribution in [0.5, 0.6) is 0 Å². The minimum Gasteiger partial charge on any atom is -0.481 e. The number of unbranched alkanes of at least 4 members (excludes halogenated alkanes) is 11. The van der Waals surface area contributed by atoms with E-state index >= 15 is 9.59 Å². The molecule has 1 saturated heterocycles. The quantitative estimate of drug-likeness (QED) is 0.0253. The van der Waals surface area contributed by atoms with Gasteiger partial charge in [0.1, 0.15) is 30.0 Å². The number of nitrogens with one attached hydrogen (secondary N) is 1. The molecule has 2 saturated carbocycles. The molecule has 81 heavy (non-hydrogen) atoms. The fourth-order valence-corrected chi connectivity index (χ4v) is 12.8. The van der Waals surface area contributed by atoms with Gasteiger partial charge in [-0.05, 0) is 67.7 Å². The van der Waals surface area contributed by atoms with Crippen molar-refractivity contribution in [3.8, 4) is 0 Å². The van der Waals surface area contributed by atoms with Crippen LogP contribution in [-0.4, -0.2) is 117 Å². The molecule has 1 aliphatic heterocycles. The summed E-state index contributed by atoms with van der Waals surface area (Å²) < 4.78 is 37.2. The van der Waals surface area contributed by atoms with Gasteiger partial charge in [0.15, 0.2) is 17.5 Å². The number of rotatable bonds is 26. The smallest absolute Gasteiger partial charge is 0.350 e. The van der Waals surface area contributed by atoms with Gasteiger partial charge in [-0.1, -0.05) is 145 Å². The van der Waals surface area contributed by atoms with Crippen LogP contribution in [-0.2, 0) is 57.2 Å². The number of carbonyl (C=O) groups excluding carboxylic acids is 7. The van der Waals surface area contributed by atoms with Gasteiger partial charge < -0.3 is 49.1 Å². The molecule has 3 aromatic rings. The van der Waals surface area contributed by atoms with Crippen LogP contribution in [0.2, 0.25) is 0 Å². The highest BCUT2D eigenvalue weighted by Gasteiger charge is 2.78. The van der Waals surface area contributed by atoms with Crippen LogP contribution in [0.25, 0.3) is 0 Å². The lowest BCUT2D eigenvalue weighted by molar-refractivity contribution is -0.346. The Balaban J connectivity index is 1.24. The van der Waals surface area contributed by atoms with Crippen LogP contribution in [0.1, 0.15) is 177 Å². The number of ether oxygens (including phenoxy) is 6. The molecule has 3 aromatic carbocycles. The molecule has 1 heterocycles. The third-order valence-corrected chi connectivity index (χ3v) is 17.2. The first-order chi connectivity index (χ1) is 38.6. The molecular formula is C63H79NO17. The Morgan fingerprint density at radius 3 is 1.75 bits per heavy atom. The molecule has 7 rings (SSSR count). The second kappa shape index (κ2) is 26.9. The fraction of sp³-hybridized carbons (Fsp3) is 0.556. The van der Waals surface area contributed by atoms with E-state index in [9.17, 15) is 39.0 Å². The molecule has 18 nitrogen and oxygen atoms in total. The SMILES string of the molecule is CC(=O)O[C@H]1C(=O)[C@@]2(C)[C@H]([C@H](OC(=O)c3ccccc3)[C@]3(O)C[C@H](OC(=O)[C@H](OC(=O)CCCCCCCCCCCCCCC(=O)O)[C@@H](NC(=O)c4ccccc4)c4ccccc4)C(C)=C1C3(C)C)[C@]1(OC(C)=O)CO[C@@H]1C[C@@H]2O. The van der Waals surface area contributed by atoms with Gasteiger partial charge in [0.25, 0.3) is 5.91 Å². The summed E-state index contributed by atoms with van der Waals surface area (Å²) in [5, 5.41) is 38.1. The molecular weight excluding hydrogens is 1040 g/mol. The number of ketones is 1. The van der Waals surface area contributed by atoms with Gasteiger partial charge >= 0.3 is 35.8 Å². The molecule has 18 heteroatoms. The summed E-state index contributed by atoms with van der Waals surface area (Å²) in [6.07, 6.45) is 0.400. The van der Waals surface area contributed by atoms with E-state index in [1.165, 1.54) is 19.1 Å². The standard InChI is InChI=1S/C63H79NO17/c1-39-45(78-59(74)53(51(42-28-20-17-21-29-42)64-57(72)43-30-22-18-23-31-43)79-49(70)35-27-16-14-12-10-8-7-9-11-13-15-26-34-48(68)69)37-63(75)56(80-58(73)44-32-24-19-25-33-44)54-61(6,46(67)36-47-62(54,38-76-47)81-41(3)66)55(71)52(77-40(2)65)50(39)60(63,4)5/h17-25,28-33,45-47,51-54,56,67,75H,7-16,26-27,34-38H2,1-6H3,(H,64,72)(H,68,69)/t45-,46-,47+,51-,52+,53+,54-,56-,61+,62-,63+/m0/s1. The minimum atomic E-state index is -2.45. The van der Waals surface area contributed by atoms with Crippen molar-refractivity contribution in [2.45, 2.75) is 198 Å². The summed E-state index contributed by atoms with van der Waals surface area (Å²) in [6, 6.07) is 23.1. The van der Waals surface area contributed by atoms with Crippen molar-refractivity contribution in [1.82, 2.24) is 5.32 Å². The maximum Gasteiger partial charge on any atom is 0.350 e. The highest BCUT2D eigenvalue weighted by molar-refractivity contribution is 5.96. The number of benzene rings is 3. The molecule has 0 unspecified atom stereocenters. The largest absolute Gasteiger partial charge is 0.481 e. The highest BCUT2D eigenvalue weighted by Crippen LogP contribution is 2.64. The Hall–Kier alpha value is -6.76. The maximum absolute atomic E-state index is 15.8. The number of aliphatic hydroxyl groups excluding tert-OH is 1. The molecule has 438 valence electrons. The van der Waals surface area contributed by atoms with E-state index in [4.69, 9.17) is 33.5 Å². The Morgan fingerprint density at radius 2 is 1.23 bits per heavy atom. The lowest BCUT2D eigenvalue weighted by atomic mass is 9.44. The number of hydrogen-bond acceptors (Lipinski definition) is 16. The zero-order chi connectivity index (χ0) is 58.7. The lowest BCUT2D eigenvalue weighted by Crippen LogP contribution is -2.82. The number of esters is 5. The summed E-state index contributed by atoms with van der Waals surface area (Å²) in [7, 11) is 0. The first-order valence-electron chi connectivity index (χ1n) is 28.5. The van der Waals surface area contributed by atoms with E-state index < -0.39 is 125 Å². The van der Waals surface area contributed by atoms with Crippen molar-refractivity contribution in [1.29, 1.82) is 0 Å². The van der Waals surface area contributed by atoms with Crippen molar-refractivity contribution >= 4 is 47.5 Å². The molecule has 3 aliphatic carbocycles. The zero-order valence-electron chi connectivity index (χ0n) is 47.4. The van der Waals surface area contributed by atoms with Crippen LogP contribution in [0.3, 0.4) is 0 Å². The van der Waals surface area contributed by atoms with Crippen LogP contribution in [0.15, 0.2) is 102 Å².